The molecule has 0 bridgehead atoms. The SMILES string of the molecule is CC(C)[C@H](NC(=O)C[C@@H]1CCC(=O)N1Cc1cc(F)cc(F)c1F)C(=O)OCC#N. The second-order valence-electron chi connectivity index (χ2n) is 7.33. The Labute approximate surface area is 171 Å². The molecule has 0 unspecified atom stereocenters. The van der Waals surface area contributed by atoms with E-state index >= 15 is 0 Å². The smallest absolute Gasteiger partial charge is 0.329 e. The van der Waals surface area contributed by atoms with Crippen LogP contribution in [0.3, 0.4) is 0 Å². The first-order valence-corrected chi connectivity index (χ1v) is 9.39. The molecule has 10 heteroatoms. The highest BCUT2D eigenvalue weighted by Gasteiger charge is 2.34. The van der Waals surface area contributed by atoms with Gasteiger partial charge < -0.3 is 15.0 Å². The van der Waals surface area contributed by atoms with Crippen molar-refractivity contribution in [2.24, 2.45) is 5.92 Å². The summed E-state index contributed by atoms with van der Waals surface area (Å²) in [6.07, 6.45) is 0.228. The molecule has 1 aromatic carbocycles. The van der Waals surface area contributed by atoms with Gasteiger partial charge >= 0.3 is 5.97 Å². The molecule has 1 heterocycles. The van der Waals surface area contributed by atoms with Crippen molar-refractivity contribution in [3.05, 3.63) is 35.1 Å². The van der Waals surface area contributed by atoms with Gasteiger partial charge in [-0.05, 0) is 18.4 Å². The molecule has 7 nitrogen and oxygen atoms in total. The van der Waals surface area contributed by atoms with Crippen LogP contribution in [0.15, 0.2) is 12.1 Å². The summed E-state index contributed by atoms with van der Waals surface area (Å²) in [5, 5.41) is 11.0. The Kier molecular flexibility index (Phi) is 7.80. The van der Waals surface area contributed by atoms with E-state index in [-0.39, 0.29) is 36.8 Å². The molecule has 0 aliphatic carbocycles. The molecule has 1 saturated heterocycles. The number of nitriles is 1. The van der Waals surface area contributed by atoms with Crippen molar-refractivity contribution in [2.75, 3.05) is 6.61 Å². The van der Waals surface area contributed by atoms with Crippen LogP contribution in [0.4, 0.5) is 13.2 Å². The molecular weight excluding hydrogens is 403 g/mol. The molecule has 0 aromatic heterocycles. The number of carbonyl (C=O) groups is 3. The zero-order valence-electron chi connectivity index (χ0n) is 16.6. The maximum Gasteiger partial charge on any atom is 0.329 e. The van der Waals surface area contributed by atoms with Gasteiger partial charge in [0.1, 0.15) is 17.9 Å². The summed E-state index contributed by atoms with van der Waals surface area (Å²) >= 11 is 0. The Bertz CT molecular complexity index is 870. The van der Waals surface area contributed by atoms with Crippen molar-refractivity contribution < 1.29 is 32.3 Å². The minimum Gasteiger partial charge on any atom is -0.449 e. The minimum atomic E-state index is -1.36. The van der Waals surface area contributed by atoms with Crippen LogP contribution in [-0.2, 0) is 25.7 Å². The molecule has 0 radical (unpaired) electrons. The van der Waals surface area contributed by atoms with Crippen molar-refractivity contribution >= 4 is 17.8 Å². The van der Waals surface area contributed by atoms with Crippen molar-refractivity contribution in [1.82, 2.24) is 10.2 Å². The number of benzene rings is 1. The van der Waals surface area contributed by atoms with Crippen molar-refractivity contribution in [3.63, 3.8) is 0 Å². The third kappa shape index (κ3) is 5.72. The van der Waals surface area contributed by atoms with E-state index in [4.69, 9.17) is 10.00 Å². The largest absolute Gasteiger partial charge is 0.449 e. The number of amides is 2. The van der Waals surface area contributed by atoms with Crippen LogP contribution >= 0.6 is 0 Å². The number of nitrogens with zero attached hydrogens (tertiary/aromatic N) is 2. The summed E-state index contributed by atoms with van der Waals surface area (Å²) < 4.78 is 45.6. The first kappa shape index (κ1) is 23.2. The van der Waals surface area contributed by atoms with Gasteiger partial charge in [0.2, 0.25) is 11.8 Å². The number of ether oxygens (including phenoxy) is 1. The van der Waals surface area contributed by atoms with Gasteiger partial charge in [-0.25, -0.2) is 18.0 Å². The number of esters is 1. The molecule has 2 rings (SSSR count). The summed E-state index contributed by atoms with van der Waals surface area (Å²) in [7, 11) is 0. The zero-order valence-corrected chi connectivity index (χ0v) is 16.6. The Morgan fingerprint density at radius 2 is 2.03 bits per heavy atom. The van der Waals surface area contributed by atoms with E-state index in [0.29, 0.717) is 12.5 Å². The predicted octanol–water partition coefficient (Wildman–Crippen LogP) is 2.19. The molecule has 1 aliphatic rings. The molecule has 1 N–H and O–H groups in total. The normalized spacial score (nSPS) is 17.0. The molecule has 162 valence electrons. The molecule has 1 aliphatic heterocycles. The topological polar surface area (TPSA) is 99.5 Å². The van der Waals surface area contributed by atoms with Crippen LogP contribution in [0, 0.1) is 34.7 Å². The van der Waals surface area contributed by atoms with E-state index in [1.807, 2.05) is 0 Å². The van der Waals surface area contributed by atoms with Crippen molar-refractivity contribution in [1.29, 1.82) is 5.26 Å². The maximum atomic E-state index is 14.0. The summed E-state index contributed by atoms with van der Waals surface area (Å²) in [6, 6.07) is 1.28. The van der Waals surface area contributed by atoms with E-state index in [9.17, 15) is 27.6 Å². The molecule has 0 saturated carbocycles. The van der Waals surface area contributed by atoms with Gasteiger partial charge in [-0.3, -0.25) is 9.59 Å². The molecule has 2 atom stereocenters. The number of nitrogens with one attached hydrogen (secondary N) is 1. The highest BCUT2D eigenvalue weighted by molar-refractivity contribution is 5.86. The summed E-state index contributed by atoms with van der Waals surface area (Å²) in [6.45, 7) is 2.55. The predicted molar refractivity (Wildman–Crippen MR) is 97.8 cm³/mol. The fourth-order valence-electron chi connectivity index (χ4n) is 3.27. The van der Waals surface area contributed by atoms with Gasteiger partial charge in [0.05, 0.1) is 0 Å². The van der Waals surface area contributed by atoms with E-state index in [1.165, 1.54) is 4.90 Å². The van der Waals surface area contributed by atoms with Crippen LogP contribution < -0.4 is 5.32 Å². The zero-order chi connectivity index (χ0) is 22.4. The molecule has 1 aromatic rings. The molecule has 0 spiro atoms. The van der Waals surface area contributed by atoms with Crippen molar-refractivity contribution in [2.45, 2.75) is 51.7 Å². The van der Waals surface area contributed by atoms with E-state index < -0.39 is 48.0 Å². The number of halogens is 3. The Morgan fingerprint density at radius 1 is 1.33 bits per heavy atom. The lowest BCUT2D eigenvalue weighted by molar-refractivity contribution is -0.148. The standard InChI is InChI=1S/C20H22F3N3O4/c1-11(2)19(20(29)30-6-5-24)25-16(27)9-14-3-4-17(28)26(14)10-12-7-13(21)8-15(22)18(12)23/h7-8,11,14,19H,3-4,6,9-10H2,1-2H3,(H,25,27)/t14-,19-/m0/s1. The van der Waals surface area contributed by atoms with Crippen LogP contribution in [0.5, 0.6) is 0 Å². The molecule has 2 amide bonds. The number of carbonyl (C=O) groups excluding carboxylic acids is 3. The summed E-state index contributed by atoms with van der Waals surface area (Å²) in [5.74, 6) is -5.56. The quantitative estimate of drug-likeness (QED) is 0.509. The van der Waals surface area contributed by atoms with Gasteiger partial charge in [-0.2, -0.15) is 5.26 Å². The van der Waals surface area contributed by atoms with Gasteiger partial charge in [0, 0.05) is 37.1 Å². The van der Waals surface area contributed by atoms with Crippen LogP contribution in [-0.4, -0.2) is 41.4 Å². The first-order valence-electron chi connectivity index (χ1n) is 9.39. The first-order chi connectivity index (χ1) is 14.1. The number of likely N-dealkylation sites (tertiary alicyclic amines) is 1. The highest BCUT2D eigenvalue weighted by Crippen LogP contribution is 2.26. The van der Waals surface area contributed by atoms with Gasteiger partial charge in [-0.1, -0.05) is 13.8 Å². The van der Waals surface area contributed by atoms with Crippen molar-refractivity contribution in [3.8, 4) is 6.07 Å². The van der Waals surface area contributed by atoms with Crippen LogP contribution in [0.2, 0.25) is 0 Å². The fraction of sp³-hybridized carbons (Fsp3) is 0.500. The Balaban J connectivity index is 2.07. The number of rotatable bonds is 8. The van der Waals surface area contributed by atoms with Crippen LogP contribution in [0.1, 0.15) is 38.7 Å². The summed E-state index contributed by atoms with van der Waals surface area (Å²) in [5.41, 5.74) is -0.326. The molecule has 1 fully saturated rings. The second-order valence-corrected chi connectivity index (χ2v) is 7.33. The highest BCUT2D eigenvalue weighted by atomic mass is 19.2. The minimum absolute atomic E-state index is 0.106. The Hall–Kier alpha value is -3.09. The van der Waals surface area contributed by atoms with Gasteiger partial charge in [-0.15, -0.1) is 0 Å². The molecular formula is C20H22F3N3O4. The maximum absolute atomic E-state index is 14.0. The second kappa shape index (κ2) is 10.1. The van der Waals surface area contributed by atoms with E-state index in [1.54, 1.807) is 19.9 Å². The average molecular weight is 425 g/mol. The average Bonchev–Trinajstić information content (AvgIpc) is 3.01. The summed E-state index contributed by atoms with van der Waals surface area (Å²) in [4.78, 5) is 37.9. The van der Waals surface area contributed by atoms with Gasteiger partial charge in [0.15, 0.2) is 18.2 Å². The lowest BCUT2D eigenvalue weighted by Crippen LogP contribution is -2.47. The van der Waals surface area contributed by atoms with E-state index in [0.717, 1.165) is 6.07 Å². The lowest BCUT2D eigenvalue weighted by atomic mass is 10.0. The third-order valence-corrected chi connectivity index (χ3v) is 4.80. The number of hydrogen-bond donors (Lipinski definition) is 1. The number of hydrogen-bond acceptors (Lipinski definition) is 5. The lowest BCUT2D eigenvalue weighted by Gasteiger charge is -2.26. The van der Waals surface area contributed by atoms with Gasteiger partial charge in [0.25, 0.3) is 0 Å². The molecule has 30 heavy (non-hydrogen) atoms. The fourth-order valence-corrected chi connectivity index (χ4v) is 3.27. The van der Waals surface area contributed by atoms with Crippen LogP contribution in [0.25, 0.3) is 0 Å². The third-order valence-electron chi connectivity index (χ3n) is 4.80. The monoisotopic (exact) mass is 425 g/mol. The van der Waals surface area contributed by atoms with E-state index in [2.05, 4.69) is 5.32 Å². The Morgan fingerprint density at radius 3 is 2.67 bits per heavy atom.